The van der Waals surface area contributed by atoms with Crippen LogP contribution in [0.15, 0.2) is 0 Å². The summed E-state index contributed by atoms with van der Waals surface area (Å²) < 4.78 is 0. The van der Waals surface area contributed by atoms with Crippen LogP contribution < -0.4 is 11.1 Å². The van der Waals surface area contributed by atoms with E-state index in [1.54, 1.807) is 0 Å². The average Bonchev–Trinajstić information content (AvgIpc) is 2.66. The molecule has 2 aliphatic rings. The second-order valence-corrected chi connectivity index (χ2v) is 4.76. The van der Waals surface area contributed by atoms with Crippen molar-refractivity contribution >= 4 is 0 Å². The molecule has 0 aliphatic heterocycles. The van der Waals surface area contributed by atoms with Crippen LogP contribution in [0.5, 0.6) is 0 Å². The first-order valence-corrected chi connectivity index (χ1v) is 5.19. The Hall–Kier alpha value is -0.0800. The number of hydrogen-bond donors (Lipinski definition) is 2. The molecule has 70 valence electrons. The first-order valence-electron chi connectivity index (χ1n) is 5.19. The Labute approximate surface area is 74.9 Å². The summed E-state index contributed by atoms with van der Waals surface area (Å²) in [5.41, 5.74) is 6.26. The van der Waals surface area contributed by atoms with Gasteiger partial charge in [0.25, 0.3) is 0 Å². The summed E-state index contributed by atoms with van der Waals surface area (Å²) in [6, 6.07) is 0.814. The molecule has 0 aromatic carbocycles. The molecule has 2 rings (SSSR count). The fourth-order valence-electron chi connectivity index (χ4n) is 2.08. The Kier molecular flexibility index (Phi) is 2.13. The lowest BCUT2D eigenvalue weighted by Gasteiger charge is -2.41. The van der Waals surface area contributed by atoms with Gasteiger partial charge in [-0.25, -0.2) is 0 Å². The Balaban J connectivity index is 1.70. The molecule has 2 saturated carbocycles. The molecule has 0 saturated heterocycles. The Bertz CT molecular complexity index is 158. The van der Waals surface area contributed by atoms with E-state index >= 15 is 0 Å². The van der Waals surface area contributed by atoms with Crippen molar-refractivity contribution in [3.63, 3.8) is 0 Å². The molecule has 0 bridgehead atoms. The maximum Gasteiger partial charge on any atom is 0.00966 e. The van der Waals surface area contributed by atoms with Gasteiger partial charge < -0.3 is 11.1 Å². The number of nitrogens with two attached hydrogens (primary N) is 1. The Morgan fingerprint density at radius 3 is 2.50 bits per heavy atom. The van der Waals surface area contributed by atoms with Gasteiger partial charge in [0, 0.05) is 12.6 Å². The maximum atomic E-state index is 5.77. The van der Waals surface area contributed by atoms with Crippen LogP contribution in [0.1, 0.15) is 32.6 Å². The molecule has 0 amide bonds. The molecule has 3 N–H and O–H groups in total. The Morgan fingerprint density at radius 2 is 2.17 bits per heavy atom. The van der Waals surface area contributed by atoms with Crippen LogP contribution in [0.2, 0.25) is 0 Å². The summed E-state index contributed by atoms with van der Waals surface area (Å²) in [4.78, 5) is 0. The summed E-state index contributed by atoms with van der Waals surface area (Å²) >= 11 is 0. The molecule has 0 spiro atoms. The number of rotatable bonds is 4. The van der Waals surface area contributed by atoms with E-state index in [9.17, 15) is 0 Å². The third-order valence-electron chi connectivity index (χ3n) is 3.70. The molecule has 2 unspecified atom stereocenters. The lowest BCUT2D eigenvalue weighted by atomic mass is 9.69. The van der Waals surface area contributed by atoms with Crippen LogP contribution >= 0.6 is 0 Å². The molecular weight excluding hydrogens is 148 g/mol. The van der Waals surface area contributed by atoms with E-state index in [0.29, 0.717) is 5.41 Å². The molecule has 2 aliphatic carbocycles. The van der Waals surface area contributed by atoms with E-state index in [4.69, 9.17) is 5.73 Å². The van der Waals surface area contributed by atoms with Crippen LogP contribution in [0.3, 0.4) is 0 Å². The highest BCUT2D eigenvalue weighted by Gasteiger charge is 2.39. The summed E-state index contributed by atoms with van der Waals surface area (Å²) in [6.07, 6.45) is 5.45. The first kappa shape index (κ1) is 8.52. The first-order chi connectivity index (χ1) is 5.76. The van der Waals surface area contributed by atoms with Crippen molar-refractivity contribution in [2.45, 2.75) is 38.6 Å². The predicted octanol–water partition coefficient (Wildman–Crippen LogP) is 1.11. The molecule has 0 heterocycles. The van der Waals surface area contributed by atoms with Gasteiger partial charge in [0.1, 0.15) is 0 Å². The topological polar surface area (TPSA) is 38.0 Å². The van der Waals surface area contributed by atoms with Crippen molar-refractivity contribution < 1.29 is 0 Å². The van der Waals surface area contributed by atoms with Crippen LogP contribution in [-0.2, 0) is 0 Å². The maximum absolute atomic E-state index is 5.77. The lowest BCUT2D eigenvalue weighted by molar-refractivity contribution is 0.140. The summed E-state index contributed by atoms with van der Waals surface area (Å²) in [5.74, 6) is 0.917. The van der Waals surface area contributed by atoms with E-state index < -0.39 is 0 Å². The molecular formula is C10H20N2. The third-order valence-corrected chi connectivity index (χ3v) is 3.70. The fraction of sp³-hybridized carbons (Fsp3) is 1.00. The zero-order chi connectivity index (χ0) is 8.60. The van der Waals surface area contributed by atoms with Gasteiger partial charge in [0.05, 0.1) is 0 Å². The molecule has 0 radical (unpaired) electrons. The van der Waals surface area contributed by atoms with Gasteiger partial charge in [-0.1, -0.05) is 13.3 Å². The highest BCUT2D eigenvalue weighted by molar-refractivity contribution is 4.95. The van der Waals surface area contributed by atoms with Crippen LogP contribution in [-0.4, -0.2) is 19.1 Å². The normalized spacial score (nSPS) is 37.5. The minimum atomic E-state index is 0.488. The van der Waals surface area contributed by atoms with Gasteiger partial charge >= 0.3 is 0 Å². The van der Waals surface area contributed by atoms with E-state index in [0.717, 1.165) is 18.5 Å². The number of nitrogens with one attached hydrogen (secondary N) is 1. The molecule has 2 atom stereocenters. The van der Waals surface area contributed by atoms with Gasteiger partial charge in [-0.05, 0) is 37.1 Å². The smallest absolute Gasteiger partial charge is 0.00966 e. The molecule has 0 aromatic rings. The van der Waals surface area contributed by atoms with Crippen LogP contribution in [0, 0.1) is 11.3 Å². The Morgan fingerprint density at radius 1 is 1.50 bits per heavy atom. The SMILES string of the molecule is CC1CC1NCC1(CN)CCC1. The second-order valence-electron chi connectivity index (χ2n) is 4.76. The standard InChI is InChI=1S/C10H20N2/c1-8-5-9(8)12-7-10(6-11)3-2-4-10/h8-9,12H,2-7,11H2,1H3. The van der Waals surface area contributed by atoms with Crippen molar-refractivity contribution in [2.24, 2.45) is 17.1 Å². The highest BCUT2D eigenvalue weighted by atomic mass is 15.0. The summed E-state index contributed by atoms with van der Waals surface area (Å²) in [7, 11) is 0. The molecule has 12 heavy (non-hydrogen) atoms. The van der Waals surface area contributed by atoms with Crippen LogP contribution in [0.25, 0.3) is 0 Å². The van der Waals surface area contributed by atoms with Gasteiger partial charge in [0.15, 0.2) is 0 Å². The average molecular weight is 168 g/mol. The monoisotopic (exact) mass is 168 g/mol. The van der Waals surface area contributed by atoms with Gasteiger partial charge in [0.2, 0.25) is 0 Å². The predicted molar refractivity (Wildman–Crippen MR) is 50.9 cm³/mol. The van der Waals surface area contributed by atoms with Crippen molar-refractivity contribution in [3.8, 4) is 0 Å². The van der Waals surface area contributed by atoms with Crippen LogP contribution in [0.4, 0.5) is 0 Å². The second kappa shape index (κ2) is 3.00. The molecule has 0 aromatic heterocycles. The van der Waals surface area contributed by atoms with Gasteiger partial charge in [-0.3, -0.25) is 0 Å². The van der Waals surface area contributed by atoms with Gasteiger partial charge in [-0.15, -0.1) is 0 Å². The van der Waals surface area contributed by atoms with E-state index in [-0.39, 0.29) is 0 Å². The largest absolute Gasteiger partial charge is 0.330 e. The summed E-state index contributed by atoms with van der Waals surface area (Å²) in [6.45, 7) is 4.35. The number of hydrogen-bond acceptors (Lipinski definition) is 2. The quantitative estimate of drug-likeness (QED) is 0.660. The molecule has 2 nitrogen and oxygen atoms in total. The van der Waals surface area contributed by atoms with E-state index in [1.807, 2.05) is 0 Å². The fourth-order valence-corrected chi connectivity index (χ4v) is 2.08. The summed E-state index contributed by atoms with van der Waals surface area (Å²) in [5, 5.41) is 3.62. The minimum Gasteiger partial charge on any atom is -0.330 e. The minimum absolute atomic E-state index is 0.488. The molecule has 2 fully saturated rings. The van der Waals surface area contributed by atoms with Gasteiger partial charge in [-0.2, -0.15) is 0 Å². The van der Waals surface area contributed by atoms with Crippen molar-refractivity contribution in [1.29, 1.82) is 0 Å². The zero-order valence-electron chi connectivity index (χ0n) is 7.97. The van der Waals surface area contributed by atoms with E-state index in [1.165, 1.54) is 32.2 Å². The van der Waals surface area contributed by atoms with Crippen molar-refractivity contribution in [2.75, 3.05) is 13.1 Å². The highest BCUT2D eigenvalue weighted by Crippen LogP contribution is 2.40. The zero-order valence-corrected chi connectivity index (χ0v) is 7.97. The third kappa shape index (κ3) is 1.50. The van der Waals surface area contributed by atoms with Crippen molar-refractivity contribution in [1.82, 2.24) is 5.32 Å². The lowest BCUT2D eigenvalue weighted by Crippen LogP contribution is -2.46. The molecule has 2 heteroatoms. The van der Waals surface area contributed by atoms with Crippen molar-refractivity contribution in [3.05, 3.63) is 0 Å². The van der Waals surface area contributed by atoms with E-state index in [2.05, 4.69) is 12.2 Å².